The van der Waals surface area contributed by atoms with E-state index in [0.717, 1.165) is 31.3 Å². The van der Waals surface area contributed by atoms with E-state index in [1.807, 2.05) is 30.3 Å². The van der Waals surface area contributed by atoms with Gasteiger partial charge in [-0.25, -0.2) is 0 Å². The molecule has 1 aromatic rings. The fourth-order valence-electron chi connectivity index (χ4n) is 2.61. The first-order valence-corrected chi connectivity index (χ1v) is 7.02. The lowest BCUT2D eigenvalue weighted by Crippen LogP contribution is -2.39. The van der Waals surface area contributed by atoms with Gasteiger partial charge in [-0.15, -0.1) is 0 Å². The van der Waals surface area contributed by atoms with Crippen LogP contribution >= 0.6 is 0 Å². The highest BCUT2D eigenvalue weighted by Gasteiger charge is 2.34. The van der Waals surface area contributed by atoms with Crippen molar-refractivity contribution in [2.45, 2.75) is 31.3 Å². The highest BCUT2D eigenvalue weighted by Crippen LogP contribution is 2.29. The van der Waals surface area contributed by atoms with Crippen molar-refractivity contribution in [3.63, 3.8) is 0 Å². The van der Waals surface area contributed by atoms with Crippen LogP contribution in [0, 0.1) is 0 Å². The summed E-state index contributed by atoms with van der Waals surface area (Å²) in [5.41, 5.74) is 0. The van der Waals surface area contributed by atoms with Crippen molar-refractivity contribution in [3.8, 4) is 5.75 Å². The van der Waals surface area contributed by atoms with Crippen molar-refractivity contribution < 1.29 is 9.53 Å². The van der Waals surface area contributed by atoms with Gasteiger partial charge in [0, 0.05) is 25.2 Å². The van der Waals surface area contributed by atoms with Crippen LogP contribution in [-0.4, -0.2) is 42.6 Å². The van der Waals surface area contributed by atoms with Gasteiger partial charge in [0.25, 0.3) is 5.91 Å². The van der Waals surface area contributed by atoms with Gasteiger partial charge in [-0.1, -0.05) is 18.2 Å². The molecule has 1 heterocycles. The van der Waals surface area contributed by atoms with E-state index in [1.165, 1.54) is 12.8 Å². The van der Waals surface area contributed by atoms with E-state index in [9.17, 15) is 4.79 Å². The molecule has 3 rings (SSSR count). The largest absolute Gasteiger partial charge is 0.484 e. The molecule has 0 spiro atoms. The molecule has 1 aliphatic carbocycles. The molecule has 4 nitrogen and oxygen atoms in total. The zero-order chi connectivity index (χ0) is 13.1. The first kappa shape index (κ1) is 12.5. The molecular weight excluding hydrogens is 240 g/mol. The van der Waals surface area contributed by atoms with Gasteiger partial charge in [0.1, 0.15) is 5.75 Å². The van der Waals surface area contributed by atoms with E-state index >= 15 is 0 Å². The Bertz CT molecular complexity index is 431. The van der Waals surface area contributed by atoms with Crippen molar-refractivity contribution in [1.82, 2.24) is 10.2 Å². The molecule has 4 heteroatoms. The molecular formula is C15H20N2O2. The molecule has 102 valence electrons. The molecule has 1 amide bonds. The Labute approximate surface area is 113 Å². The predicted octanol–water partition coefficient (Wildman–Crippen LogP) is 1.42. The first-order chi connectivity index (χ1) is 9.31. The molecule has 1 N–H and O–H groups in total. The Morgan fingerprint density at radius 1 is 1.26 bits per heavy atom. The summed E-state index contributed by atoms with van der Waals surface area (Å²) in [5.74, 6) is 0.718. The van der Waals surface area contributed by atoms with E-state index in [4.69, 9.17) is 4.74 Å². The number of nitrogens with one attached hydrogen (secondary N) is 1. The number of likely N-dealkylation sites (tertiary alicyclic amines) is 1. The molecule has 0 bridgehead atoms. The number of para-hydroxylation sites is 1. The average molecular weight is 260 g/mol. The Hall–Kier alpha value is -1.55. The average Bonchev–Trinajstić information content (AvgIpc) is 3.19. The summed E-state index contributed by atoms with van der Waals surface area (Å²) in [6.45, 7) is 2.22. The molecule has 0 radical (unpaired) electrons. The van der Waals surface area contributed by atoms with Crippen LogP contribution in [0.25, 0.3) is 0 Å². The molecule has 2 aliphatic rings. The van der Waals surface area contributed by atoms with Crippen molar-refractivity contribution >= 4 is 5.91 Å². The fourth-order valence-corrected chi connectivity index (χ4v) is 2.61. The van der Waals surface area contributed by atoms with Crippen LogP contribution in [0.1, 0.15) is 19.3 Å². The minimum Gasteiger partial charge on any atom is -0.484 e. The van der Waals surface area contributed by atoms with Crippen LogP contribution in [0.5, 0.6) is 5.75 Å². The molecule has 1 unspecified atom stereocenters. The SMILES string of the molecule is O=C(COc1ccccc1)NC1CCN(C2CC2)C1. The topological polar surface area (TPSA) is 41.6 Å². The summed E-state index contributed by atoms with van der Waals surface area (Å²) in [5, 5.41) is 3.06. The monoisotopic (exact) mass is 260 g/mol. The van der Waals surface area contributed by atoms with E-state index < -0.39 is 0 Å². The number of rotatable bonds is 5. The second-order valence-electron chi connectivity index (χ2n) is 5.38. The summed E-state index contributed by atoms with van der Waals surface area (Å²) >= 11 is 0. The standard InChI is InChI=1S/C15H20N2O2/c18-15(11-19-14-4-2-1-3-5-14)16-12-8-9-17(10-12)13-6-7-13/h1-5,12-13H,6-11H2,(H,16,18). The molecule has 1 atom stereocenters. The number of nitrogens with zero attached hydrogens (tertiary/aromatic N) is 1. The van der Waals surface area contributed by atoms with Gasteiger partial charge in [0.15, 0.2) is 6.61 Å². The number of amides is 1. The maximum absolute atomic E-state index is 11.8. The van der Waals surface area contributed by atoms with Crippen LogP contribution in [0.4, 0.5) is 0 Å². The second kappa shape index (κ2) is 5.61. The summed E-state index contributed by atoms with van der Waals surface area (Å²) in [6, 6.07) is 10.5. The van der Waals surface area contributed by atoms with Crippen LogP contribution in [0.15, 0.2) is 30.3 Å². The predicted molar refractivity (Wildman–Crippen MR) is 73.1 cm³/mol. The fraction of sp³-hybridized carbons (Fsp3) is 0.533. The summed E-state index contributed by atoms with van der Waals surface area (Å²) in [4.78, 5) is 14.3. The Morgan fingerprint density at radius 2 is 2.05 bits per heavy atom. The van der Waals surface area contributed by atoms with Gasteiger partial charge in [-0.05, 0) is 31.4 Å². The number of benzene rings is 1. The molecule has 1 saturated heterocycles. The molecule has 1 saturated carbocycles. The van der Waals surface area contributed by atoms with Crippen LogP contribution in [0.2, 0.25) is 0 Å². The second-order valence-corrected chi connectivity index (χ2v) is 5.38. The number of hydrogen-bond acceptors (Lipinski definition) is 3. The van der Waals surface area contributed by atoms with Gasteiger partial charge in [-0.3, -0.25) is 9.69 Å². The highest BCUT2D eigenvalue weighted by molar-refractivity contribution is 5.77. The lowest BCUT2D eigenvalue weighted by molar-refractivity contribution is -0.123. The zero-order valence-electron chi connectivity index (χ0n) is 11.0. The van der Waals surface area contributed by atoms with Crippen molar-refractivity contribution in [2.75, 3.05) is 19.7 Å². The quantitative estimate of drug-likeness (QED) is 0.870. The lowest BCUT2D eigenvalue weighted by atomic mass is 10.2. The molecule has 1 aromatic carbocycles. The summed E-state index contributed by atoms with van der Waals surface area (Å²) < 4.78 is 5.44. The third-order valence-corrected chi connectivity index (χ3v) is 3.76. The number of carbonyl (C=O) groups excluding carboxylic acids is 1. The first-order valence-electron chi connectivity index (χ1n) is 7.02. The third kappa shape index (κ3) is 3.47. The highest BCUT2D eigenvalue weighted by atomic mass is 16.5. The van der Waals surface area contributed by atoms with E-state index in [-0.39, 0.29) is 12.5 Å². The van der Waals surface area contributed by atoms with Gasteiger partial charge < -0.3 is 10.1 Å². The van der Waals surface area contributed by atoms with Crippen LogP contribution < -0.4 is 10.1 Å². The van der Waals surface area contributed by atoms with Crippen LogP contribution in [0.3, 0.4) is 0 Å². The normalized spacial score (nSPS) is 23.3. The minimum atomic E-state index is -0.0218. The Balaban J connectivity index is 1.39. The summed E-state index contributed by atoms with van der Waals surface area (Å²) in [7, 11) is 0. The Morgan fingerprint density at radius 3 is 2.79 bits per heavy atom. The van der Waals surface area contributed by atoms with E-state index in [1.54, 1.807) is 0 Å². The number of carbonyl (C=O) groups is 1. The smallest absolute Gasteiger partial charge is 0.258 e. The van der Waals surface area contributed by atoms with Crippen LogP contribution in [-0.2, 0) is 4.79 Å². The zero-order valence-corrected chi connectivity index (χ0v) is 11.0. The summed E-state index contributed by atoms with van der Waals surface area (Å²) in [6.07, 6.45) is 3.73. The van der Waals surface area contributed by atoms with E-state index in [2.05, 4.69) is 10.2 Å². The Kier molecular flexibility index (Phi) is 3.69. The number of hydrogen-bond donors (Lipinski definition) is 1. The van der Waals surface area contributed by atoms with Gasteiger partial charge >= 0.3 is 0 Å². The van der Waals surface area contributed by atoms with Crippen molar-refractivity contribution in [1.29, 1.82) is 0 Å². The molecule has 1 aliphatic heterocycles. The molecule has 0 aromatic heterocycles. The van der Waals surface area contributed by atoms with Gasteiger partial charge in [-0.2, -0.15) is 0 Å². The van der Waals surface area contributed by atoms with Crippen molar-refractivity contribution in [2.24, 2.45) is 0 Å². The third-order valence-electron chi connectivity index (χ3n) is 3.76. The van der Waals surface area contributed by atoms with Gasteiger partial charge in [0.05, 0.1) is 0 Å². The van der Waals surface area contributed by atoms with Gasteiger partial charge in [0.2, 0.25) is 0 Å². The maximum atomic E-state index is 11.8. The van der Waals surface area contributed by atoms with E-state index in [0.29, 0.717) is 6.04 Å². The number of ether oxygens (including phenoxy) is 1. The lowest BCUT2D eigenvalue weighted by Gasteiger charge is -2.15. The molecule has 2 fully saturated rings. The van der Waals surface area contributed by atoms with Crippen molar-refractivity contribution in [3.05, 3.63) is 30.3 Å². The maximum Gasteiger partial charge on any atom is 0.258 e. The minimum absolute atomic E-state index is 0.0218. The molecule has 19 heavy (non-hydrogen) atoms.